The molecule has 9 heteroatoms. The predicted molar refractivity (Wildman–Crippen MR) is 115 cm³/mol. The van der Waals surface area contributed by atoms with Gasteiger partial charge in [-0.1, -0.05) is 60.1 Å². The van der Waals surface area contributed by atoms with E-state index in [2.05, 4.69) is 15.0 Å². The summed E-state index contributed by atoms with van der Waals surface area (Å²) < 4.78 is 27.8. The van der Waals surface area contributed by atoms with Crippen molar-refractivity contribution in [2.75, 3.05) is 4.72 Å². The number of anilines is 1. The molecule has 0 radical (unpaired) electrons. The number of nitrogens with one attached hydrogen (secondary N) is 2. The molecule has 0 bridgehead atoms. The van der Waals surface area contributed by atoms with E-state index in [0.29, 0.717) is 5.69 Å². The lowest BCUT2D eigenvalue weighted by Gasteiger charge is -2.17. The molecule has 0 aliphatic rings. The Kier molecular flexibility index (Phi) is 7.04. The van der Waals surface area contributed by atoms with Crippen LogP contribution in [-0.4, -0.2) is 30.5 Å². The third-order valence-corrected chi connectivity index (χ3v) is 5.93. The fourth-order valence-corrected chi connectivity index (χ4v) is 4.10. The lowest BCUT2D eigenvalue weighted by molar-refractivity contribution is -0.139. The quantitative estimate of drug-likeness (QED) is 0.436. The topological polar surface area (TPSA) is 108 Å². The number of aromatic nitrogens is 1. The van der Waals surface area contributed by atoms with Crippen LogP contribution in [0.15, 0.2) is 77.7 Å². The van der Waals surface area contributed by atoms with Crippen LogP contribution in [0.4, 0.5) is 5.69 Å². The number of hydrogen-bond donors (Lipinski definition) is 3. The summed E-state index contributed by atoms with van der Waals surface area (Å²) in [6.45, 7) is 0.0109. The third-order valence-electron chi connectivity index (χ3n) is 4.33. The Morgan fingerprint density at radius 1 is 1.00 bits per heavy atom. The van der Waals surface area contributed by atoms with Gasteiger partial charge >= 0.3 is 5.97 Å². The first-order valence-corrected chi connectivity index (χ1v) is 10.9. The van der Waals surface area contributed by atoms with E-state index in [4.69, 9.17) is 11.6 Å². The number of carboxylic acid groups (broad SMARTS) is 1. The predicted octanol–water partition coefficient (Wildman–Crippen LogP) is 3.32. The number of carbonyl (C=O) groups is 1. The van der Waals surface area contributed by atoms with Gasteiger partial charge in [0.2, 0.25) is 0 Å². The smallest absolute Gasteiger partial charge is 0.321 e. The Morgan fingerprint density at radius 2 is 1.63 bits per heavy atom. The Morgan fingerprint density at radius 3 is 2.27 bits per heavy atom. The van der Waals surface area contributed by atoms with E-state index in [0.717, 1.165) is 5.56 Å². The highest BCUT2D eigenvalue weighted by Gasteiger charge is 2.20. The summed E-state index contributed by atoms with van der Waals surface area (Å²) in [5.41, 5.74) is 1.38. The van der Waals surface area contributed by atoms with Crippen molar-refractivity contribution < 1.29 is 18.3 Å². The Hall–Kier alpha value is -2.94. The lowest BCUT2D eigenvalue weighted by atomic mass is 10.1. The molecule has 0 aliphatic carbocycles. The van der Waals surface area contributed by atoms with Crippen molar-refractivity contribution in [2.45, 2.75) is 23.9 Å². The van der Waals surface area contributed by atoms with Gasteiger partial charge in [0.05, 0.1) is 16.3 Å². The van der Waals surface area contributed by atoms with Gasteiger partial charge in [-0.25, -0.2) is 13.4 Å². The summed E-state index contributed by atoms with van der Waals surface area (Å²) in [7, 11) is -3.83. The highest BCUT2D eigenvalue weighted by atomic mass is 35.5. The van der Waals surface area contributed by atoms with Crippen LogP contribution in [0.2, 0.25) is 5.15 Å². The number of carboxylic acids is 1. The summed E-state index contributed by atoms with van der Waals surface area (Å²) in [5.74, 6) is -1.02. The van der Waals surface area contributed by atoms with Crippen molar-refractivity contribution in [2.24, 2.45) is 0 Å². The number of halogens is 1. The molecule has 3 N–H and O–H groups in total. The van der Waals surface area contributed by atoms with Gasteiger partial charge in [-0.15, -0.1) is 0 Å². The minimum Gasteiger partial charge on any atom is -0.480 e. The monoisotopic (exact) mass is 445 g/mol. The first kappa shape index (κ1) is 21.8. The van der Waals surface area contributed by atoms with Crippen LogP contribution in [0.25, 0.3) is 0 Å². The van der Waals surface area contributed by atoms with Crippen LogP contribution in [0.1, 0.15) is 11.3 Å². The summed E-state index contributed by atoms with van der Waals surface area (Å²) >= 11 is 5.98. The Balaban J connectivity index is 1.78. The second-order valence-corrected chi connectivity index (χ2v) is 8.58. The van der Waals surface area contributed by atoms with Gasteiger partial charge in [-0.3, -0.25) is 14.8 Å². The van der Waals surface area contributed by atoms with E-state index >= 15 is 0 Å². The summed E-state index contributed by atoms with van der Waals surface area (Å²) in [6, 6.07) is 19.2. The molecule has 2 aromatic carbocycles. The molecule has 0 saturated carbocycles. The van der Waals surface area contributed by atoms with Crippen molar-refractivity contribution in [3.05, 3.63) is 89.2 Å². The molecule has 30 heavy (non-hydrogen) atoms. The number of benzene rings is 2. The zero-order chi connectivity index (χ0) is 21.6. The van der Waals surface area contributed by atoms with E-state index in [1.54, 1.807) is 18.2 Å². The van der Waals surface area contributed by atoms with Gasteiger partial charge in [0.25, 0.3) is 10.0 Å². The van der Waals surface area contributed by atoms with Crippen molar-refractivity contribution >= 4 is 33.3 Å². The van der Waals surface area contributed by atoms with E-state index in [-0.39, 0.29) is 28.7 Å². The average Bonchev–Trinajstić information content (AvgIpc) is 2.74. The van der Waals surface area contributed by atoms with E-state index in [9.17, 15) is 18.3 Å². The number of rotatable bonds is 9. The maximum atomic E-state index is 12.6. The zero-order valence-electron chi connectivity index (χ0n) is 15.8. The fourth-order valence-electron chi connectivity index (χ4n) is 2.82. The van der Waals surface area contributed by atoms with Gasteiger partial charge in [0.1, 0.15) is 11.2 Å². The fraction of sp³-hybridized carbons (Fsp3) is 0.143. The highest BCUT2D eigenvalue weighted by molar-refractivity contribution is 7.92. The van der Waals surface area contributed by atoms with Crippen LogP contribution in [0, 0.1) is 0 Å². The Labute approximate surface area is 179 Å². The molecule has 3 aromatic rings. The molecule has 156 valence electrons. The van der Waals surface area contributed by atoms with Crippen LogP contribution in [0.3, 0.4) is 0 Å². The SMILES string of the molecule is O=C(O)[C@@H](Cc1ccccc1)NCc1nc(Cl)ccc1NS(=O)(=O)c1ccccc1. The van der Waals surface area contributed by atoms with Crippen LogP contribution >= 0.6 is 11.6 Å². The highest BCUT2D eigenvalue weighted by Crippen LogP contribution is 2.21. The largest absolute Gasteiger partial charge is 0.480 e. The van der Waals surface area contributed by atoms with E-state index < -0.39 is 22.0 Å². The lowest BCUT2D eigenvalue weighted by Crippen LogP contribution is -2.38. The molecule has 0 spiro atoms. The first-order valence-electron chi connectivity index (χ1n) is 9.08. The minimum atomic E-state index is -3.83. The van der Waals surface area contributed by atoms with Gasteiger partial charge in [-0.05, 0) is 36.2 Å². The summed E-state index contributed by atoms with van der Waals surface area (Å²) in [6.07, 6.45) is 0.266. The molecule has 1 atom stereocenters. The number of sulfonamides is 1. The van der Waals surface area contributed by atoms with E-state index in [1.807, 2.05) is 30.3 Å². The normalized spacial score (nSPS) is 12.3. The number of nitrogens with zero attached hydrogens (tertiary/aromatic N) is 1. The molecule has 1 aromatic heterocycles. The summed E-state index contributed by atoms with van der Waals surface area (Å²) in [5, 5.41) is 12.6. The van der Waals surface area contributed by atoms with Crippen LogP contribution in [-0.2, 0) is 27.8 Å². The van der Waals surface area contributed by atoms with Gasteiger partial charge < -0.3 is 5.11 Å². The van der Waals surface area contributed by atoms with Crippen molar-refractivity contribution in [1.82, 2.24) is 10.3 Å². The van der Waals surface area contributed by atoms with Crippen molar-refractivity contribution in [3.63, 3.8) is 0 Å². The summed E-state index contributed by atoms with van der Waals surface area (Å²) in [4.78, 5) is 15.9. The van der Waals surface area contributed by atoms with Gasteiger partial charge in [-0.2, -0.15) is 0 Å². The second kappa shape index (κ2) is 9.71. The Bertz CT molecular complexity index is 1110. The van der Waals surface area contributed by atoms with Crippen LogP contribution in [0.5, 0.6) is 0 Å². The number of pyridine rings is 1. The maximum Gasteiger partial charge on any atom is 0.321 e. The van der Waals surface area contributed by atoms with Crippen LogP contribution < -0.4 is 10.0 Å². The molecule has 0 aliphatic heterocycles. The van der Waals surface area contributed by atoms with Gasteiger partial charge in [0, 0.05) is 6.54 Å². The second-order valence-electron chi connectivity index (χ2n) is 6.51. The molecular weight excluding hydrogens is 426 g/mol. The molecule has 0 amide bonds. The van der Waals surface area contributed by atoms with Gasteiger partial charge in [0.15, 0.2) is 0 Å². The average molecular weight is 446 g/mol. The standard InChI is InChI=1S/C21H20ClN3O4S/c22-20-12-11-17(25-30(28,29)16-9-5-2-6-10-16)19(24-20)14-23-18(21(26)27)13-15-7-3-1-4-8-15/h1-12,18,23,25H,13-14H2,(H,26,27)/t18-/m1/s1. The molecular formula is C21H20ClN3O4S. The maximum absolute atomic E-state index is 12.6. The van der Waals surface area contributed by atoms with Crippen molar-refractivity contribution in [3.8, 4) is 0 Å². The molecule has 3 rings (SSSR count). The molecule has 0 fully saturated rings. The minimum absolute atomic E-state index is 0.0109. The number of hydrogen-bond acceptors (Lipinski definition) is 5. The molecule has 1 heterocycles. The molecule has 7 nitrogen and oxygen atoms in total. The third kappa shape index (κ3) is 5.79. The van der Waals surface area contributed by atoms with E-state index in [1.165, 1.54) is 24.3 Å². The first-order chi connectivity index (χ1) is 14.3. The number of aliphatic carboxylic acids is 1. The molecule has 0 saturated heterocycles. The molecule has 0 unspecified atom stereocenters. The zero-order valence-corrected chi connectivity index (χ0v) is 17.4. The van der Waals surface area contributed by atoms with Crippen molar-refractivity contribution in [1.29, 1.82) is 0 Å².